The molecule has 2 fully saturated rings. The number of rotatable bonds is 6. The van der Waals surface area contributed by atoms with E-state index in [0.717, 1.165) is 25.7 Å². The maximum Gasteiger partial charge on any atom is 0.0593 e. The van der Waals surface area contributed by atoms with Crippen LogP contribution in [0.4, 0.5) is 0 Å². The highest BCUT2D eigenvalue weighted by molar-refractivity contribution is 4.83. The molecule has 2 rings (SSSR count). The summed E-state index contributed by atoms with van der Waals surface area (Å²) in [6.07, 6.45) is 0. The Morgan fingerprint density at radius 1 is 1.19 bits per heavy atom. The number of ether oxygens (including phenoxy) is 1. The summed E-state index contributed by atoms with van der Waals surface area (Å²) >= 11 is 0. The third kappa shape index (κ3) is 3.70. The van der Waals surface area contributed by atoms with E-state index in [1.54, 1.807) is 0 Å². The van der Waals surface area contributed by atoms with Gasteiger partial charge in [0.15, 0.2) is 0 Å². The minimum absolute atomic E-state index is 0.845. The summed E-state index contributed by atoms with van der Waals surface area (Å²) in [6.45, 7) is 13.6. The molecule has 2 aliphatic rings. The van der Waals surface area contributed by atoms with E-state index in [9.17, 15) is 0 Å². The molecule has 2 aliphatic heterocycles. The van der Waals surface area contributed by atoms with Gasteiger partial charge < -0.3 is 19.9 Å². The average molecular weight is 227 g/mol. The first-order valence-corrected chi connectivity index (χ1v) is 6.61. The van der Waals surface area contributed by atoms with E-state index in [1.165, 1.54) is 45.8 Å². The molecule has 0 spiro atoms. The molecule has 0 amide bonds. The molecule has 94 valence electrons. The van der Waals surface area contributed by atoms with Crippen LogP contribution in [0.1, 0.15) is 6.92 Å². The number of piperazine rings is 1. The highest BCUT2D eigenvalue weighted by Crippen LogP contribution is 2.16. The van der Waals surface area contributed by atoms with Gasteiger partial charge in [-0.1, -0.05) is 0 Å². The van der Waals surface area contributed by atoms with Gasteiger partial charge in [-0.05, 0) is 12.8 Å². The van der Waals surface area contributed by atoms with Crippen molar-refractivity contribution in [1.29, 1.82) is 0 Å². The van der Waals surface area contributed by atoms with Gasteiger partial charge in [-0.15, -0.1) is 0 Å². The Kier molecular flexibility index (Phi) is 5.03. The summed E-state index contributed by atoms with van der Waals surface area (Å²) in [7, 11) is 0. The molecule has 0 atom stereocenters. The van der Waals surface area contributed by atoms with Crippen LogP contribution in [0, 0.1) is 5.92 Å². The van der Waals surface area contributed by atoms with Crippen LogP contribution in [-0.4, -0.2) is 75.4 Å². The molecule has 4 nitrogen and oxygen atoms in total. The maximum absolute atomic E-state index is 5.36. The largest absolute Gasteiger partial charge is 0.380 e. The van der Waals surface area contributed by atoms with E-state index in [2.05, 4.69) is 22.0 Å². The van der Waals surface area contributed by atoms with E-state index in [-0.39, 0.29) is 0 Å². The zero-order valence-corrected chi connectivity index (χ0v) is 10.5. The Bertz CT molecular complexity index is 189. The first kappa shape index (κ1) is 12.3. The normalized spacial score (nSPS) is 24.6. The van der Waals surface area contributed by atoms with Gasteiger partial charge in [0.1, 0.15) is 0 Å². The Morgan fingerprint density at radius 3 is 2.62 bits per heavy atom. The Hall–Kier alpha value is -0.160. The minimum Gasteiger partial charge on any atom is -0.380 e. The molecular weight excluding hydrogens is 202 g/mol. The number of hydrogen-bond donors (Lipinski definition) is 1. The van der Waals surface area contributed by atoms with Crippen LogP contribution in [0.25, 0.3) is 0 Å². The molecule has 0 aromatic heterocycles. The van der Waals surface area contributed by atoms with E-state index < -0.39 is 0 Å². The van der Waals surface area contributed by atoms with Crippen LogP contribution in [0.2, 0.25) is 0 Å². The highest BCUT2D eigenvalue weighted by atomic mass is 16.5. The number of nitrogens with zero attached hydrogens (tertiary/aromatic N) is 2. The van der Waals surface area contributed by atoms with Gasteiger partial charge in [0.05, 0.1) is 6.61 Å². The van der Waals surface area contributed by atoms with Crippen molar-refractivity contribution in [2.24, 2.45) is 5.92 Å². The summed E-state index contributed by atoms with van der Waals surface area (Å²) in [6, 6.07) is 0. The molecule has 0 radical (unpaired) electrons. The third-order valence-electron chi connectivity index (χ3n) is 3.51. The first-order valence-electron chi connectivity index (χ1n) is 6.61. The van der Waals surface area contributed by atoms with Crippen molar-refractivity contribution in [1.82, 2.24) is 15.1 Å². The summed E-state index contributed by atoms with van der Waals surface area (Å²) in [5.41, 5.74) is 0. The number of hydrogen-bond acceptors (Lipinski definition) is 4. The van der Waals surface area contributed by atoms with Crippen molar-refractivity contribution in [3.05, 3.63) is 0 Å². The fourth-order valence-corrected chi connectivity index (χ4v) is 2.57. The molecule has 0 aromatic carbocycles. The van der Waals surface area contributed by atoms with Crippen LogP contribution < -0.4 is 5.32 Å². The molecule has 16 heavy (non-hydrogen) atoms. The van der Waals surface area contributed by atoms with Gasteiger partial charge in [-0.25, -0.2) is 0 Å². The first-order chi connectivity index (χ1) is 7.88. The third-order valence-corrected chi connectivity index (χ3v) is 3.51. The van der Waals surface area contributed by atoms with Gasteiger partial charge >= 0.3 is 0 Å². The standard InChI is InChI=1S/C12H25N3O/c1-2-16-8-7-15-10-12(11-15)9-14-5-3-13-4-6-14/h12-13H,2-11H2,1H3. The van der Waals surface area contributed by atoms with Crippen LogP contribution in [0.15, 0.2) is 0 Å². The molecule has 2 saturated heterocycles. The SMILES string of the molecule is CCOCCN1CC(CN2CCNCC2)C1. The molecular formula is C12H25N3O. The lowest BCUT2D eigenvalue weighted by atomic mass is 9.99. The second-order valence-corrected chi connectivity index (χ2v) is 4.87. The predicted molar refractivity (Wildman–Crippen MR) is 65.7 cm³/mol. The Balaban J connectivity index is 1.51. The van der Waals surface area contributed by atoms with Gasteiger partial charge in [0, 0.05) is 59.0 Å². The van der Waals surface area contributed by atoms with E-state index in [4.69, 9.17) is 4.74 Å². The van der Waals surface area contributed by atoms with Crippen molar-refractivity contribution < 1.29 is 4.74 Å². The van der Waals surface area contributed by atoms with Crippen molar-refractivity contribution in [2.75, 3.05) is 65.6 Å². The van der Waals surface area contributed by atoms with Crippen LogP contribution in [0.5, 0.6) is 0 Å². The number of likely N-dealkylation sites (tertiary alicyclic amines) is 1. The van der Waals surface area contributed by atoms with Gasteiger partial charge in [-0.3, -0.25) is 0 Å². The second-order valence-electron chi connectivity index (χ2n) is 4.87. The van der Waals surface area contributed by atoms with Crippen LogP contribution in [-0.2, 0) is 4.74 Å². The molecule has 1 N–H and O–H groups in total. The molecule has 0 saturated carbocycles. The lowest BCUT2D eigenvalue weighted by Gasteiger charge is -2.42. The van der Waals surface area contributed by atoms with E-state index in [0.29, 0.717) is 0 Å². The predicted octanol–water partition coefficient (Wildman–Crippen LogP) is -0.140. The zero-order valence-electron chi connectivity index (χ0n) is 10.5. The fraction of sp³-hybridized carbons (Fsp3) is 1.00. The fourth-order valence-electron chi connectivity index (χ4n) is 2.57. The minimum atomic E-state index is 0.845. The van der Waals surface area contributed by atoms with Gasteiger partial charge in [0.25, 0.3) is 0 Å². The highest BCUT2D eigenvalue weighted by Gasteiger charge is 2.28. The van der Waals surface area contributed by atoms with Crippen molar-refractivity contribution in [3.63, 3.8) is 0 Å². The average Bonchev–Trinajstić information content (AvgIpc) is 2.27. The molecule has 0 aliphatic carbocycles. The molecule has 0 unspecified atom stereocenters. The van der Waals surface area contributed by atoms with Crippen molar-refractivity contribution >= 4 is 0 Å². The van der Waals surface area contributed by atoms with Gasteiger partial charge in [-0.2, -0.15) is 0 Å². The smallest absolute Gasteiger partial charge is 0.0593 e. The summed E-state index contributed by atoms with van der Waals surface area (Å²) in [4.78, 5) is 5.10. The van der Waals surface area contributed by atoms with Crippen LogP contribution >= 0.6 is 0 Å². The van der Waals surface area contributed by atoms with Crippen LogP contribution in [0.3, 0.4) is 0 Å². The maximum atomic E-state index is 5.36. The molecule has 2 heterocycles. The zero-order chi connectivity index (χ0) is 11.2. The summed E-state index contributed by atoms with van der Waals surface area (Å²) < 4.78 is 5.36. The number of nitrogens with one attached hydrogen (secondary N) is 1. The topological polar surface area (TPSA) is 27.7 Å². The van der Waals surface area contributed by atoms with Gasteiger partial charge in [0.2, 0.25) is 0 Å². The lowest BCUT2D eigenvalue weighted by Crippen LogP contribution is -2.54. The summed E-state index contributed by atoms with van der Waals surface area (Å²) in [5.74, 6) is 0.903. The van der Waals surface area contributed by atoms with Crippen molar-refractivity contribution in [2.45, 2.75) is 6.92 Å². The Labute approximate surface area is 98.9 Å². The summed E-state index contributed by atoms with van der Waals surface area (Å²) in [5, 5.41) is 3.40. The van der Waals surface area contributed by atoms with E-state index in [1.807, 2.05) is 0 Å². The lowest BCUT2D eigenvalue weighted by molar-refractivity contribution is 0.0335. The quantitative estimate of drug-likeness (QED) is 0.639. The van der Waals surface area contributed by atoms with Crippen molar-refractivity contribution in [3.8, 4) is 0 Å². The van der Waals surface area contributed by atoms with E-state index >= 15 is 0 Å². The molecule has 4 heteroatoms. The molecule has 0 aromatic rings. The Morgan fingerprint density at radius 2 is 1.94 bits per heavy atom. The molecule has 0 bridgehead atoms. The second kappa shape index (κ2) is 6.55. The monoisotopic (exact) mass is 227 g/mol.